The number of hydrogen-bond acceptors (Lipinski definition) is 5. The summed E-state index contributed by atoms with van der Waals surface area (Å²) < 4.78 is 10.2. The molecule has 6 nitrogen and oxygen atoms in total. The molecule has 0 radical (unpaired) electrons. The minimum atomic E-state index is -0.421. The summed E-state index contributed by atoms with van der Waals surface area (Å²) in [6, 6.07) is 7.06. The number of esters is 1. The van der Waals surface area contributed by atoms with E-state index >= 15 is 0 Å². The first-order valence-electron chi connectivity index (χ1n) is 5.18. The van der Waals surface area contributed by atoms with E-state index in [0.717, 1.165) is 0 Å². The van der Waals surface area contributed by atoms with Crippen LogP contribution < -0.4 is 9.75 Å². The van der Waals surface area contributed by atoms with Gasteiger partial charge in [-0.25, -0.2) is 5.01 Å². The molecule has 1 aromatic carbocycles. The molecular formula is C11H12N2O4. The summed E-state index contributed by atoms with van der Waals surface area (Å²) in [6.45, 7) is 0.246. The maximum atomic E-state index is 11.2. The summed E-state index contributed by atoms with van der Waals surface area (Å²) in [6.07, 6.45) is -0.327. The number of nitroso groups, excluding NO2 is 1. The lowest BCUT2D eigenvalue weighted by Crippen LogP contribution is -2.38. The Morgan fingerprint density at radius 1 is 1.59 bits per heavy atom. The second kappa shape index (κ2) is 4.82. The van der Waals surface area contributed by atoms with Crippen molar-refractivity contribution >= 4 is 11.7 Å². The monoisotopic (exact) mass is 236 g/mol. The summed E-state index contributed by atoms with van der Waals surface area (Å²) in [5.74, 6) is 0.174. The molecule has 17 heavy (non-hydrogen) atoms. The highest BCUT2D eigenvalue weighted by Crippen LogP contribution is 2.33. The van der Waals surface area contributed by atoms with Crippen LogP contribution in [0.4, 0.5) is 5.69 Å². The Bertz CT molecular complexity index is 435. The van der Waals surface area contributed by atoms with E-state index in [9.17, 15) is 9.70 Å². The van der Waals surface area contributed by atoms with Crippen LogP contribution in [0.1, 0.15) is 6.42 Å². The van der Waals surface area contributed by atoms with Crippen LogP contribution in [0.15, 0.2) is 29.6 Å². The van der Waals surface area contributed by atoms with Gasteiger partial charge >= 0.3 is 5.97 Å². The fourth-order valence-corrected chi connectivity index (χ4v) is 1.73. The summed E-state index contributed by atoms with van der Waals surface area (Å²) >= 11 is 0. The third-order valence-electron chi connectivity index (χ3n) is 2.53. The average molecular weight is 236 g/mol. The topological polar surface area (TPSA) is 68.2 Å². The quantitative estimate of drug-likeness (QED) is 0.587. The third-order valence-corrected chi connectivity index (χ3v) is 2.53. The van der Waals surface area contributed by atoms with E-state index in [-0.39, 0.29) is 18.9 Å². The lowest BCUT2D eigenvalue weighted by molar-refractivity contribution is -0.142. The van der Waals surface area contributed by atoms with Crippen molar-refractivity contribution in [2.24, 2.45) is 5.29 Å². The van der Waals surface area contributed by atoms with Gasteiger partial charge in [0.2, 0.25) is 0 Å². The van der Waals surface area contributed by atoms with Crippen molar-refractivity contribution < 1.29 is 14.3 Å². The molecule has 0 amide bonds. The number of para-hydroxylation sites is 2. The van der Waals surface area contributed by atoms with Crippen LogP contribution in [-0.4, -0.2) is 25.7 Å². The van der Waals surface area contributed by atoms with E-state index in [1.165, 1.54) is 12.1 Å². The van der Waals surface area contributed by atoms with Crippen LogP contribution in [0.5, 0.6) is 5.75 Å². The van der Waals surface area contributed by atoms with Crippen molar-refractivity contribution in [1.29, 1.82) is 0 Å². The second-order valence-corrected chi connectivity index (χ2v) is 3.65. The zero-order valence-electron chi connectivity index (χ0n) is 9.33. The van der Waals surface area contributed by atoms with Gasteiger partial charge in [0.05, 0.1) is 25.4 Å². The number of benzene rings is 1. The van der Waals surface area contributed by atoms with Crippen molar-refractivity contribution in [3.05, 3.63) is 29.2 Å². The minimum absolute atomic E-state index is 0.0941. The van der Waals surface area contributed by atoms with Gasteiger partial charge in [0.1, 0.15) is 17.5 Å². The molecule has 2 rings (SSSR count). The summed E-state index contributed by atoms with van der Waals surface area (Å²) in [5, 5.41) is 4.21. The number of nitrogens with zero attached hydrogens (tertiary/aromatic N) is 2. The lowest BCUT2D eigenvalue weighted by Gasteiger charge is -2.30. The Morgan fingerprint density at radius 3 is 3.06 bits per heavy atom. The van der Waals surface area contributed by atoms with Crippen molar-refractivity contribution in [3.8, 4) is 5.75 Å². The first kappa shape index (κ1) is 11.4. The van der Waals surface area contributed by atoms with Crippen LogP contribution in [0.3, 0.4) is 0 Å². The van der Waals surface area contributed by atoms with E-state index in [0.29, 0.717) is 11.4 Å². The average Bonchev–Trinajstić information content (AvgIpc) is 2.37. The van der Waals surface area contributed by atoms with Gasteiger partial charge in [0.15, 0.2) is 0 Å². The van der Waals surface area contributed by atoms with Crippen molar-refractivity contribution in [3.63, 3.8) is 0 Å². The number of hydrogen-bond donors (Lipinski definition) is 0. The molecular weight excluding hydrogens is 224 g/mol. The van der Waals surface area contributed by atoms with Crippen LogP contribution in [-0.2, 0) is 9.53 Å². The fraction of sp³-hybridized carbons (Fsp3) is 0.364. The smallest absolute Gasteiger partial charge is 0.309 e. The standard InChI is InChI=1S/C11H12N2O4/c1-16-11(14)6-8-7-13(12-15)9-4-2-3-5-10(9)17-8/h2-5,8H,6-7H2,1H3. The number of carbonyl (C=O) groups excluding carboxylic acids is 1. The first-order chi connectivity index (χ1) is 8.24. The highest BCUT2D eigenvalue weighted by atomic mass is 16.5. The lowest BCUT2D eigenvalue weighted by atomic mass is 10.2. The van der Waals surface area contributed by atoms with E-state index in [4.69, 9.17) is 4.74 Å². The third kappa shape index (κ3) is 2.35. The van der Waals surface area contributed by atoms with Crippen molar-refractivity contribution in [2.45, 2.75) is 12.5 Å². The molecule has 0 N–H and O–H groups in total. The van der Waals surface area contributed by atoms with Gasteiger partial charge in [0.25, 0.3) is 0 Å². The molecule has 0 aromatic heterocycles. The molecule has 6 heteroatoms. The van der Waals surface area contributed by atoms with Gasteiger partial charge in [0, 0.05) is 0 Å². The fourth-order valence-electron chi connectivity index (χ4n) is 1.73. The zero-order valence-corrected chi connectivity index (χ0v) is 9.33. The molecule has 0 aliphatic carbocycles. The largest absolute Gasteiger partial charge is 0.486 e. The van der Waals surface area contributed by atoms with Crippen molar-refractivity contribution in [2.75, 3.05) is 18.7 Å². The summed E-state index contributed by atoms with van der Waals surface area (Å²) in [4.78, 5) is 21.9. The van der Waals surface area contributed by atoms with Crippen LogP contribution >= 0.6 is 0 Å². The Labute approximate surface area is 98.1 Å². The predicted octanol–water partition coefficient (Wildman–Crippen LogP) is 1.50. The van der Waals surface area contributed by atoms with Gasteiger partial charge in [-0.3, -0.25) is 4.79 Å². The number of methoxy groups -OCH3 is 1. The maximum absolute atomic E-state index is 11.2. The molecule has 0 bridgehead atoms. The molecule has 1 unspecified atom stereocenters. The molecule has 1 aromatic rings. The van der Waals surface area contributed by atoms with Crippen LogP contribution in [0.2, 0.25) is 0 Å². The Morgan fingerprint density at radius 2 is 2.35 bits per heavy atom. The first-order valence-corrected chi connectivity index (χ1v) is 5.18. The molecule has 0 saturated heterocycles. The van der Waals surface area contributed by atoms with Gasteiger partial charge < -0.3 is 9.47 Å². The van der Waals surface area contributed by atoms with Gasteiger partial charge in [-0.1, -0.05) is 12.1 Å². The van der Waals surface area contributed by atoms with Gasteiger partial charge in [-0.05, 0) is 12.1 Å². The Hall–Kier alpha value is -2.11. The van der Waals surface area contributed by atoms with Crippen LogP contribution in [0, 0.1) is 4.91 Å². The van der Waals surface area contributed by atoms with Crippen molar-refractivity contribution in [1.82, 2.24) is 0 Å². The Kier molecular flexibility index (Phi) is 3.22. The number of ether oxygens (including phenoxy) is 2. The molecule has 0 saturated carbocycles. The molecule has 1 atom stereocenters. The predicted molar refractivity (Wildman–Crippen MR) is 60.6 cm³/mol. The van der Waals surface area contributed by atoms with E-state index < -0.39 is 6.10 Å². The normalized spacial score (nSPS) is 17.9. The number of carbonyl (C=O) groups is 1. The number of rotatable bonds is 3. The minimum Gasteiger partial charge on any atom is -0.486 e. The molecule has 0 spiro atoms. The molecule has 1 aliphatic rings. The Balaban J connectivity index is 2.18. The van der Waals surface area contributed by atoms with Crippen LogP contribution in [0.25, 0.3) is 0 Å². The highest BCUT2D eigenvalue weighted by molar-refractivity contribution is 5.70. The maximum Gasteiger partial charge on any atom is 0.309 e. The summed E-state index contributed by atoms with van der Waals surface area (Å²) in [7, 11) is 1.31. The molecule has 90 valence electrons. The molecule has 1 aliphatic heterocycles. The number of anilines is 1. The zero-order chi connectivity index (χ0) is 12.3. The SMILES string of the molecule is COC(=O)CC1CN(N=O)c2ccccc2O1. The molecule has 0 fully saturated rings. The molecule has 1 heterocycles. The van der Waals surface area contributed by atoms with Gasteiger partial charge in [-0.15, -0.1) is 4.91 Å². The second-order valence-electron chi connectivity index (χ2n) is 3.65. The highest BCUT2D eigenvalue weighted by Gasteiger charge is 2.28. The van der Waals surface area contributed by atoms with Gasteiger partial charge in [-0.2, -0.15) is 0 Å². The number of fused-ring (bicyclic) bond motifs is 1. The van der Waals surface area contributed by atoms with E-state index in [1.54, 1.807) is 24.3 Å². The van der Waals surface area contributed by atoms with E-state index in [1.807, 2.05) is 0 Å². The summed E-state index contributed by atoms with van der Waals surface area (Å²) in [5.41, 5.74) is 0.614. The van der Waals surface area contributed by atoms with E-state index in [2.05, 4.69) is 10.0 Å².